The fourth-order valence-corrected chi connectivity index (χ4v) is 2.98. The lowest BCUT2D eigenvalue weighted by Gasteiger charge is -2.18. The molecule has 0 atom stereocenters. The maximum Gasteiger partial charge on any atom is 0.649 e. The van der Waals surface area contributed by atoms with E-state index in [9.17, 15) is 9.36 Å². The molecule has 23 heavy (non-hydrogen) atoms. The van der Waals surface area contributed by atoms with Gasteiger partial charge in [-0.25, -0.2) is 0 Å². The molecular weight excluding hydrogens is 315 g/mol. The van der Waals surface area contributed by atoms with E-state index in [4.69, 9.17) is 13.6 Å². The first-order valence-electron chi connectivity index (χ1n) is 7.43. The summed E-state index contributed by atoms with van der Waals surface area (Å²) in [5.74, 6) is -0.00726. The van der Waals surface area contributed by atoms with E-state index in [1.54, 1.807) is 60.7 Å². The summed E-state index contributed by atoms with van der Waals surface area (Å²) in [5.41, 5.74) is 0. The molecule has 0 heterocycles. The molecule has 0 amide bonds. The van der Waals surface area contributed by atoms with E-state index < -0.39 is 13.8 Å². The summed E-state index contributed by atoms with van der Waals surface area (Å²) in [7, 11) is -4.11. The molecule has 0 radical (unpaired) electrons. The van der Waals surface area contributed by atoms with Crippen LogP contribution >= 0.6 is 7.82 Å². The van der Waals surface area contributed by atoms with Crippen molar-refractivity contribution in [2.75, 3.05) is 0 Å². The van der Waals surface area contributed by atoms with Crippen LogP contribution in [0.1, 0.15) is 26.2 Å². The Morgan fingerprint density at radius 3 is 1.83 bits per heavy atom. The maximum atomic E-state index is 12.8. The Morgan fingerprint density at radius 1 is 0.913 bits per heavy atom. The second kappa shape index (κ2) is 8.39. The number of unbranched alkanes of at least 4 members (excludes halogenated alkanes) is 1. The van der Waals surface area contributed by atoms with Crippen LogP contribution in [0, 0.1) is 0 Å². The minimum atomic E-state index is -4.11. The highest BCUT2D eigenvalue weighted by Gasteiger charge is 2.35. The van der Waals surface area contributed by atoms with Crippen LogP contribution in [0.25, 0.3) is 0 Å². The number of phosphoric ester groups is 1. The van der Waals surface area contributed by atoms with Gasteiger partial charge >= 0.3 is 13.8 Å². The van der Waals surface area contributed by atoms with Crippen LogP contribution in [0.5, 0.6) is 11.5 Å². The van der Waals surface area contributed by atoms with Crippen LogP contribution in [-0.2, 0) is 13.9 Å². The highest BCUT2D eigenvalue weighted by molar-refractivity contribution is 7.50. The number of rotatable bonds is 8. The zero-order chi connectivity index (χ0) is 16.5. The molecule has 0 saturated carbocycles. The molecule has 0 spiro atoms. The first-order valence-corrected chi connectivity index (χ1v) is 8.89. The van der Waals surface area contributed by atoms with Crippen LogP contribution in [0.3, 0.4) is 0 Å². The molecule has 0 unspecified atom stereocenters. The summed E-state index contributed by atoms with van der Waals surface area (Å²) >= 11 is 0. The van der Waals surface area contributed by atoms with Crippen molar-refractivity contribution in [2.24, 2.45) is 0 Å². The molecule has 5 nitrogen and oxygen atoms in total. The van der Waals surface area contributed by atoms with Crippen molar-refractivity contribution in [1.82, 2.24) is 0 Å². The molecule has 0 aliphatic rings. The molecule has 2 aromatic carbocycles. The molecule has 0 bridgehead atoms. The predicted molar refractivity (Wildman–Crippen MR) is 87.4 cm³/mol. The number of benzene rings is 2. The smallest absolute Gasteiger partial charge is 0.386 e. The van der Waals surface area contributed by atoms with Gasteiger partial charge in [-0.05, 0) is 30.7 Å². The average Bonchev–Trinajstić information content (AvgIpc) is 2.54. The molecule has 2 aromatic rings. The molecule has 0 fully saturated rings. The van der Waals surface area contributed by atoms with Crippen molar-refractivity contribution in [3.8, 4) is 11.5 Å². The minimum Gasteiger partial charge on any atom is -0.386 e. The normalized spacial score (nSPS) is 10.8. The maximum absolute atomic E-state index is 12.8. The van der Waals surface area contributed by atoms with Gasteiger partial charge in [0.2, 0.25) is 0 Å². The standard InChI is InChI=1S/C17H19O5P/c1-2-3-14-17(18)22-23(19,20-15-10-6-4-7-11-15)21-16-12-8-5-9-13-16/h4-13H,2-3,14H2,1H3. The van der Waals surface area contributed by atoms with Gasteiger partial charge in [-0.1, -0.05) is 49.7 Å². The minimum absolute atomic E-state index is 0.163. The fourth-order valence-electron chi connectivity index (χ4n) is 1.77. The lowest BCUT2D eigenvalue weighted by atomic mass is 10.3. The third-order valence-electron chi connectivity index (χ3n) is 2.87. The Hall–Kier alpha value is -2.26. The Balaban J connectivity index is 2.15. The zero-order valence-electron chi connectivity index (χ0n) is 12.9. The van der Waals surface area contributed by atoms with Crippen LogP contribution in [0.4, 0.5) is 0 Å². The van der Waals surface area contributed by atoms with Gasteiger partial charge in [0.25, 0.3) is 0 Å². The molecule has 0 aliphatic carbocycles. The fraction of sp³-hybridized carbons (Fsp3) is 0.235. The van der Waals surface area contributed by atoms with E-state index in [0.29, 0.717) is 17.9 Å². The summed E-state index contributed by atoms with van der Waals surface area (Å²) in [6.07, 6.45) is 1.64. The average molecular weight is 334 g/mol. The Kier molecular flexibility index (Phi) is 6.24. The molecule has 2 rings (SSSR count). The number of hydrogen-bond acceptors (Lipinski definition) is 5. The molecule has 0 aromatic heterocycles. The number of phosphoric acid groups is 1. The van der Waals surface area contributed by atoms with Crippen LogP contribution < -0.4 is 9.05 Å². The van der Waals surface area contributed by atoms with Gasteiger partial charge in [-0.2, -0.15) is 4.57 Å². The van der Waals surface area contributed by atoms with Gasteiger partial charge in [0.1, 0.15) is 11.5 Å². The van der Waals surface area contributed by atoms with Crippen LogP contribution in [0.2, 0.25) is 0 Å². The largest absolute Gasteiger partial charge is 0.649 e. The van der Waals surface area contributed by atoms with Gasteiger partial charge in [0, 0.05) is 6.42 Å². The van der Waals surface area contributed by atoms with Gasteiger partial charge in [-0.3, -0.25) is 4.79 Å². The second-order valence-corrected chi connectivity index (χ2v) is 6.26. The van der Waals surface area contributed by atoms with Gasteiger partial charge < -0.3 is 13.6 Å². The Labute approximate surface area is 135 Å². The quantitative estimate of drug-likeness (QED) is 0.637. The second-order valence-electron chi connectivity index (χ2n) is 4.82. The van der Waals surface area contributed by atoms with Crippen molar-refractivity contribution in [1.29, 1.82) is 0 Å². The van der Waals surface area contributed by atoms with E-state index in [0.717, 1.165) is 6.42 Å². The SMILES string of the molecule is CCCCC(=O)OP(=O)(Oc1ccccc1)Oc1ccccc1. The van der Waals surface area contributed by atoms with Gasteiger partial charge in [0.15, 0.2) is 0 Å². The number of para-hydroxylation sites is 2. The summed E-state index contributed by atoms with van der Waals surface area (Å²) in [6.45, 7) is 1.95. The zero-order valence-corrected chi connectivity index (χ0v) is 13.8. The van der Waals surface area contributed by atoms with E-state index >= 15 is 0 Å². The van der Waals surface area contributed by atoms with Crippen molar-refractivity contribution >= 4 is 13.8 Å². The third kappa shape index (κ3) is 5.80. The van der Waals surface area contributed by atoms with Gasteiger partial charge in [0.05, 0.1) is 0 Å². The summed E-state index contributed by atoms with van der Waals surface area (Å²) in [6, 6.07) is 16.9. The Morgan fingerprint density at radius 2 is 1.39 bits per heavy atom. The lowest BCUT2D eigenvalue weighted by molar-refractivity contribution is -0.135. The van der Waals surface area contributed by atoms with Crippen molar-refractivity contribution in [3.63, 3.8) is 0 Å². The highest BCUT2D eigenvalue weighted by atomic mass is 31.2. The molecule has 0 N–H and O–H groups in total. The van der Waals surface area contributed by atoms with Crippen molar-refractivity contribution in [3.05, 3.63) is 60.7 Å². The monoisotopic (exact) mass is 334 g/mol. The van der Waals surface area contributed by atoms with Crippen molar-refractivity contribution in [2.45, 2.75) is 26.2 Å². The topological polar surface area (TPSA) is 61.8 Å². The predicted octanol–water partition coefficient (Wildman–Crippen LogP) is 4.99. The highest BCUT2D eigenvalue weighted by Crippen LogP contribution is 2.49. The number of hydrogen-bond donors (Lipinski definition) is 0. The molecule has 0 aliphatic heterocycles. The number of carbonyl (C=O) groups excluding carboxylic acids is 1. The third-order valence-corrected chi connectivity index (χ3v) is 4.17. The molecule has 122 valence electrons. The first kappa shape index (κ1) is 17.1. The van der Waals surface area contributed by atoms with E-state index in [-0.39, 0.29) is 6.42 Å². The molecule has 6 heteroatoms. The van der Waals surface area contributed by atoms with Crippen molar-refractivity contribution < 1.29 is 22.9 Å². The summed E-state index contributed by atoms with van der Waals surface area (Å²) < 4.78 is 28.6. The first-order chi connectivity index (χ1) is 11.1. The van der Waals surface area contributed by atoms with E-state index in [2.05, 4.69) is 0 Å². The van der Waals surface area contributed by atoms with E-state index in [1.165, 1.54) is 0 Å². The summed E-state index contributed by atoms with van der Waals surface area (Å²) in [5, 5.41) is 0. The lowest BCUT2D eigenvalue weighted by Crippen LogP contribution is -2.10. The van der Waals surface area contributed by atoms with E-state index in [1.807, 2.05) is 6.92 Å². The van der Waals surface area contributed by atoms with Gasteiger partial charge in [-0.15, -0.1) is 0 Å². The summed E-state index contributed by atoms with van der Waals surface area (Å²) in [4.78, 5) is 11.8. The molecular formula is C17H19O5P. The van der Waals surface area contributed by atoms with Crippen LogP contribution in [-0.4, -0.2) is 5.97 Å². The molecule has 0 saturated heterocycles. The Bertz CT molecular complexity index is 612. The van der Waals surface area contributed by atoms with Crippen LogP contribution in [0.15, 0.2) is 60.7 Å². The number of carbonyl (C=O) groups is 1.